The van der Waals surface area contributed by atoms with Crippen LogP contribution in [0.5, 0.6) is 0 Å². The lowest BCUT2D eigenvalue weighted by molar-refractivity contribution is 0.124. The average Bonchev–Trinajstić information content (AvgIpc) is 3.40. The van der Waals surface area contributed by atoms with Crippen LogP contribution in [0.3, 0.4) is 0 Å². The highest BCUT2D eigenvalue weighted by molar-refractivity contribution is 5.90. The van der Waals surface area contributed by atoms with E-state index in [2.05, 4.69) is 10.1 Å². The molecule has 0 spiro atoms. The molecule has 4 aromatic rings. The van der Waals surface area contributed by atoms with Crippen LogP contribution in [0.1, 0.15) is 24.4 Å². The number of carboxylic acid groups (broad SMARTS) is 1. The van der Waals surface area contributed by atoms with Gasteiger partial charge in [0.25, 0.3) is 0 Å². The molecule has 1 aliphatic heterocycles. The van der Waals surface area contributed by atoms with Gasteiger partial charge in [-0.05, 0) is 31.9 Å². The van der Waals surface area contributed by atoms with Gasteiger partial charge < -0.3 is 20.2 Å². The predicted molar refractivity (Wildman–Crippen MR) is 118 cm³/mol. The average molecular weight is 417 g/mol. The lowest BCUT2D eigenvalue weighted by Crippen LogP contribution is -2.38. The summed E-state index contributed by atoms with van der Waals surface area (Å²) in [4.78, 5) is 17.0. The Morgan fingerprint density at radius 2 is 1.97 bits per heavy atom. The highest BCUT2D eigenvalue weighted by Crippen LogP contribution is 2.37. The standard InChI is InChI=1S/C23H23N5O3/c1-14-18-4-2-3-5-20(18)31-21(14)19-10-15(11-25-22(19)24)16-12-26-28(13-16)17-6-8-27(9-7-17)23(29)30/h2-5,10-13,17H,6-9H2,1H3,(H2,24,25)(H,29,30). The highest BCUT2D eigenvalue weighted by Gasteiger charge is 2.24. The molecule has 1 amide bonds. The van der Waals surface area contributed by atoms with Crippen LogP contribution in [0.25, 0.3) is 33.4 Å². The van der Waals surface area contributed by atoms with Crippen molar-refractivity contribution in [3.05, 3.63) is 54.5 Å². The summed E-state index contributed by atoms with van der Waals surface area (Å²) in [5.74, 6) is 1.14. The normalized spacial score (nSPS) is 14.9. The minimum absolute atomic E-state index is 0.183. The lowest BCUT2D eigenvalue weighted by atomic mass is 10.0. The molecule has 8 nitrogen and oxygen atoms in total. The monoisotopic (exact) mass is 417 g/mol. The van der Waals surface area contributed by atoms with Crippen molar-refractivity contribution in [2.75, 3.05) is 18.8 Å². The lowest BCUT2D eigenvalue weighted by Gasteiger charge is -2.30. The van der Waals surface area contributed by atoms with E-state index < -0.39 is 6.09 Å². The summed E-state index contributed by atoms with van der Waals surface area (Å²) in [6.45, 7) is 3.07. The van der Waals surface area contributed by atoms with Crippen LogP contribution >= 0.6 is 0 Å². The molecule has 0 aliphatic carbocycles. The number of carbonyl (C=O) groups is 1. The van der Waals surface area contributed by atoms with Gasteiger partial charge in [-0.15, -0.1) is 0 Å². The molecule has 0 saturated carbocycles. The Kier molecular flexibility index (Phi) is 4.62. The van der Waals surface area contributed by atoms with Crippen LogP contribution in [0, 0.1) is 6.92 Å². The number of nitrogens with two attached hydrogens (primary N) is 1. The van der Waals surface area contributed by atoms with E-state index in [0.717, 1.165) is 51.8 Å². The molecule has 1 aromatic carbocycles. The highest BCUT2D eigenvalue weighted by atomic mass is 16.4. The molecule has 0 atom stereocenters. The zero-order valence-corrected chi connectivity index (χ0v) is 17.2. The maximum atomic E-state index is 11.1. The van der Waals surface area contributed by atoms with E-state index in [1.807, 2.05) is 54.3 Å². The number of piperidine rings is 1. The number of fused-ring (bicyclic) bond motifs is 1. The molecule has 0 radical (unpaired) electrons. The first kappa shape index (κ1) is 19.2. The number of hydrogen-bond donors (Lipinski definition) is 2. The Labute approximate surface area is 178 Å². The zero-order valence-electron chi connectivity index (χ0n) is 17.2. The number of pyridine rings is 1. The molecule has 5 rings (SSSR count). The molecule has 31 heavy (non-hydrogen) atoms. The number of nitrogen functional groups attached to an aromatic ring is 1. The number of furan rings is 1. The summed E-state index contributed by atoms with van der Waals surface area (Å²) in [6.07, 6.45) is 6.18. The SMILES string of the molecule is Cc1c(-c2cc(-c3cnn(C4CCN(C(=O)O)CC4)c3)cnc2N)oc2ccccc12. The van der Waals surface area contributed by atoms with Gasteiger partial charge in [-0.1, -0.05) is 18.2 Å². The smallest absolute Gasteiger partial charge is 0.407 e. The number of para-hydroxylation sites is 1. The molecule has 4 heterocycles. The molecule has 8 heteroatoms. The van der Waals surface area contributed by atoms with E-state index in [1.54, 1.807) is 6.20 Å². The van der Waals surface area contributed by atoms with Gasteiger partial charge in [-0.2, -0.15) is 5.10 Å². The van der Waals surface area contributed by atoms with Crippen molar-refractivity contribution in [3.63, 3.8) is 0 Å². The molecule has 0 unspecified atom stereocenters. The minimum atomic E-state index is -0.860. The van der Waals surface area contributed by atoms with Gasteiger partial charge in [-0.3, -0.25) is 4.68 Å². The molecule has 3 N–H and O–H groups in total. The van der Waals surface area contributed by atoms with Gasteiger partial charge in [0.2, 0.25) is 0 Å². The third-order valence-electron chi connectivity index (χ3n) is 6.05. The van der Waals surface area contributed by atoms with Gasteiger partial charge in [0.15, 0.2) is 0 Å². The molecular formula is C23H23N5O3. The molecule has 1 fully saturated rings. The van der Waals surface area contributed by atoms with Crippen molar-refractivity contribution in [1.29, 1.82) is 0 Å². The van der Waals surface area contributed by atoms with Crippen molar-refractivity contribution in [2.45, 2.75) is 25.8 Å². The Bertz CT molecular complexity index is 1270. The quantitative estimate of drug-likeness (QED) is 0.505. The summed E-state index contributed by atoms with van der Waals surface area (Å²) in [7, 11) is 0. The molecule has 0 bridgehead atoms. The van der Waals surface area contributed by atoms with E-state index >= 15 is 0 Å². The first-order chi connectivity index (χ1) is 15.0. The van der Waals surface area contributed by atoms with Gasteiger partial charge in [0, 0.05) is 47.6 Å². The summed E-state index contributed by atoms with van der Waals surface area (Å²) < 4.78 is 8.02. The summed E-state index contributed by atoms with van der Waals surface area (Å²) in [5, 5.41) is 14.7. The first-order valence-electron chi connectivity index (χ1n) is 10.3. The van der Waals surface area contributed by atoms with Gasteiger partial charge >= 0.3 is 6.09 Å². The van der Waals surface area contributed by atoms with E-state index in [1.165, 1.54) is 4.90 Å². The van der Waals surface area contributed by atoms with Crippen LogP contribution in [0.2, 0.25) is 0 Å². The number of nitrogens with zero attached hydrogens (tertiary/aromatic N) is 4. The zero-order chi connectivity index (χ0) is 21.5. The van der Waals surface area contributed by atoms with Crippen molar-refractivity contribution in [1.82, 2.24) is 19.7 Å². The van der Waals surface area contributed by atoms with E-state index in [-0.39, 0.29) is 6.04 Å². The van der Waals surface area contributed by atoms with Crippen molar-refractivity contribution >= 4 is 22.9 Å². The van der Waals surface area contributed by atoms with E-state index in [9.17, 15) is 4.79 Å². The van der Waals surface area contributed by atoms with E-state index in [4.69, 9.17) is 15.3 Å². The van der Waals surface area contributed by atoms with Crippen LogP contribution in [0.15, 0.2) is 53.3 Å². The fourth-order valence-corrected chi connectivity index (χ4v) is 4.25. The fraction of sp³-hybridized carbons (Fsp3) is 0.261. The van der Waals surface area contributed by atoms with Crippen LogP contribution < -0.4 is 5.73 Å². The third kappa shape index (κ3) is 3.39. The van der Waals surface area contributed by atoms with Gasteiger partial charge in [0.05, 0.1) is 17.8 Å². The Hall–Kier alpha value is -3.81. The number of hydrogen-bond acceptors (Lipinski definition) is 5. The maximum Gasteiger partial charge on any atom is 0.407 e. The summed E-state index contributed by atoms with van der Waals surface area (Å²) in [5.41, 5.74) is 10.6. The topological polar surface area (TPSA) is 110 Å². The van der Waals surface area contributed by atoms with Gasteiger partial charge in [0.1, 0.15) is 17.2 Å². The largest absolute Gasteiger partial charge is 0.465 e. The second-order valence-corrected chi connectivity index (χ2v) is 7.92. The number of aryl methyl sites for hydroxylation is 1. The first-order valence-corrected chi connectivity index (χ1v) is 10.3. The van der Waals surface area contributed by atoms with Crippen molar-refractivity contribution in [3.8, 4) is 22.5 Å². The fourth-order valence-electron chi connectivity index (χ4n) is 4.25. The third-order valence-corrected chi connectivity index (χ3v) is 6.05. The number of likely N-dealkylation sites (tertiary alicyclic amines) is 1. The minimum Gasteiger partial charge on any atom is -0.465 e. The van der Waals surface area contributed by atoms with Gasteiger partial charge in [-0.25, -0.2) is 9.78 Å². The van der Waals surface area contributed by atoms with E-state index in [0.29, 0.717) is 18.9 Å². The summed E-state index contributed by atoms with van der Waals surface area (Å²) in [6, 6.07) is 10.1. The van der Waals surface area contributed by atoms with Crippen LogP contribution in [-0.2, 0) is 0 Å². The number of rotatable bonds is 3. The molecular weight excluding hydrogens is 394 g/mol. The van der Waals surface area contributed by atoms with Crippen molar-refractivity contribution < 1.29 is 14.3 Å². The van der Waals surface area contributed by atoms with Crippen LogP contribution in [0.4, 0.5) is 10.6 Å². The molecule has 1 saturated heterocycles. The number of benzene rings is 1. The second-order valence-electron chi connectivity index (χ2n) is 7.92. The number of anilines is 1. The second kappa shape index (κ2) is 7.46. The molecule has 1 aliphatic rings. The Morgan fingerprint density at radius 1 is 1.19 bits per heavy atom. The number of amides is 1. The predicted octanol–water partition coefficient (Wildman–Crippen LogP) is 4.56. The Morgan fingerprint density at radius 3 is 2.71 bits per heavy atom. The Balaban J connectivity index is 1.45. The number of aromatic nitrogens is 3. The molecule has 3 aromatic heterocycles. The molecule has 158 valence electrons. The van der Waals surface area contributed by atoms with Crippen molar-refractivity contribution in [2.24, 2.45) is 0 Å². The summed E-state index contributed by atoms with van der Waals surface area (Å²) >= 11 is 0. The van der Waals surface area contributed by atoms with Crippen LogP contribution in [-0.4, -0.2) is 44.0 Å². The maximum absolute atomic E-state index is 11.1.